The monoisotopic (exact) mass is 316 g/mol. The average molecular weight is 316 g/mol. The number of rotatable bonds is 2. The number of benzene rings is 3. The molecule has 116 valence electrons. The molecule has 0 heterocycles. The Hall–Kier alpha value is -3.58. The highest BCUT2D eigenvalue weighted by Gasteiger charge is 2.12. The first-order valence-electron chi connectivity index (χ1n) is 7.16. The van der Waals surface area contributed by atoms with Gasteiger partial charge in [0.2, 0.25) is 0 Å². The SMILES string of the molecule is O=C(O)c1ccc2cc(C(=O)O)c(C#Cc3ccccc3)cc2c1. The number of hydrogen-bond acceptors (Lipinski definition) is 2. The Morgan fingerprint density at radius 2 is 1.50 bits per heavy atom. The standard InChI is InChI=1S/C20H12O4/c21-19(22)16-9-8-14-12-18(20(23)24)15(10-17(14)11-16)7-6-13-4-2-1-3-5-13/h1-5,8-12H,(H,21,22)(H,23,24). The first-order chi connectivity index (χ1) is 11.5. The maximum absolute atomic E-state index is 11.5. The van der Waals surface area contributed by atoms with Crippen LogP contribution in [0.1, 0.15) is 31.8 Å². The van der Waals surface area contributed by atoms with E-state index in [2.05, 4.69) is 11.8 Å². The molecule has 0 radical (unpaired) electrons. The van der Waals surface area contributed by atoms with Gasteiger partial charge in [-0.3, -0.25) is 0 Å². The molecule has 0 aromatic heterocycles. The van der Waals surface area contributed by atoms with E-state index in [0.29, 0.717) is 16.3 Å². The Morgan fingerprint density at radius 3 is 2.17 bits per heavy atom. The molecule has 0 unspecified atom stereocenters. The van der Waals surface area contributed by atoms with E-state index in [1.54, 1.807) is 12.1 Å². The van der Waals surface area contributed by atoms with Crippen LogP contribution in [0.5, 0.6) is 0 Å². The average Bonchev–Trinajstić information content (AvgIpc) is 2.59. The lowest BCUT2D eigenvalue weighted by Gasteiger charge is -2.05. The fraction of sp³-hybridized carbons (Fsp3) is 0. The Labute approximate surface area is 138 Å². The lowest BCUT2D eigenvalue weighted by molar-refractivity contribution is 0.0685. The maximum Gasteiger partial charge on any atom is 0.336 e. The third-order valence-electron chi connectivity index (χ3n) is 3.57. The summed E-state index contributed by atoms with van der Waals surface area (Å²) in [7, 11) is 0. The Balaban J connectivity index is 2.17. The molecule has 3 aromatic carbocycles. The molecule has 24 heavy (non-hydrogen) atoms. The van der Waals surface area contributed by atoms with E-state index in [0.717, 1.165) is 5.56 Å². The number of fused-ring (bicyclic) bond motifs is 1. The van der Waals surface area contributed by atoms with E-state index >= 15 is 0 Å². The summed E-state index contributed by atoms with van der Waals surface area (Å²) in [4.78, 5) is 22.6. The maximum atomic E-state index is 11.5. The van der Waals surface area contributed by atoms with E-state index in [-0.39, 0.29) is 11.1 Å². The van der Waals surface area contributed by atoms with Crippen LogP contribution in [0.25, 0.3) is 10.8 Å². The summed E-state index contributed by atoms with van der Waals surface area (Å²) in [6.07, 6.45) is 0. The lowest BCUT2D eigenvalue weighted by atomic mass is 9.99. The highest BCUT2D eigenvalue weighted by Crippen LogP contribution is 2.22. The fourth-order valence-corrected chi connectivity index (χ4v) is 2.37. The van der Waals surface area contributed by atoms with Crippen molar-refractivity contribution in [2.45, 2.75) is 0 Å². The minimum Gasteiger partial charge on any atom is -0.478 e. The molecule has 0 aliphatic rings. The molecule has 3 aromatic rings. The molecule has 0 amide bonds. The molecule has 0 bridgehead atoms. The normalized spacial score (nSPS) is 10.0. The van der Waals surface area contributed by atoms with Crippen LogP contribution in [0.4, 0.5) is 0 Å². The van der Waals surface area contributed by atoms with Crippen molar-refractivity contribution >= 4 is 22.7 Å². The molecule has 4 nitrogen and oxygen atoms in total. The van der Waals surface area contributed by atoms with Gasteiger partial charge in [0.25, 0.3) is 0 Å². The molecule has 0 spiro atoms. The van der Waals surface area contributed by atoms with Crippen LogP contribution in [0, 0.1) is 11.8 Å². The highest BCUT2D eigenvalue weighted by atomic mass is 16.4. The second-order valence-corrected chi connectivity index (χ2v) is 5.19. The number of carboxylic acid groups (broad SMARTS) is 2. The topological polar surface area (TPSA) is 74.6 Å². The molecule has 0 saturated carbocycles. The predicted octanol–water partition coefficient (Wildman–Crippen LogP) is 3.64. The van der Waals surface area contributed by atoms with E-state index in [9.17, 15) is 14.7 Å². The summed E-state index contributed by atoms with van der Waals surface area (Å²) in [5, 5.41) is 19.8. The Morgan fingerprint density at radius 1 is 0.750 bits per heavy atom. The first kappa shape index (κ1) is 15.3. The van der Waals surface area contributed by atoms with E-state index in [1.807, 2.05) is 30.3 Å². The number of carboxylic acids is 2. The molecule has 0 saturated heterocycles. The number of hydrogen-bond donors (Lipinski definition) is 2. The zero-order valence-electron chi connectivity index (χ0n) is 12.5. The van der Waals surface area contributed by atoms with Gasteiger partial charge in [-0.15, -0.1) is 0 Å². The minimum absolute atomic E-state index is 0.0917. The zero-order chi connectivity index (χ0) is 17.1. The van der Waals surface area contributed by atoms with Crippen LogP contribution in [-0.2, 0) is 0 Å². The van der Waals surface area contributed by atoms with E-state index < -0.39 is 11.9 Å². The summed E-state index contributed by atoms with van der Waals surface area (Å²) in [6, 6.07) is 16.9. The van der Waals surface area contributed by atoms with Gasteiger partial charge in [0, 0.05) is 11.1 Å². The van der Waals surface area contributed by atoms with Gasteiger partial charge < -0.3 is 10.2 Å². The van der Waals surface area contributed by atoms with Gasteiger partial charge in [-0.2, -0.15) is 0 Å². The molecule has 0 fully saturated rings. The molecular weight excluding hydrogens is 304 g/mol. The van der Waals surface area contributed by atoms with Gasteiger partial charge in [-0.1, -0.05) is 36.1 Å². The van der Waals surface area contributed by atoms with Crippen LogP contribution in [0.3, 0.4) is 0 Å². The van der Waals surface area contributed by atoms with Gasteiger partial charge in [0.05, 0.1) is 11.1 Å². The molecule has 3 rings (SSSR count). The van der Waals surface area contributed by atoms with Crippen molar-refractivity contribution in [3.05, 3.63) is 82.9 Å². The van der Waals surface area contributed by atoms with Crippen LogP contribution < -0.4 is 0 Å². The molecule has 0 aliphatic carbocycles. The second-order valence-electron chi connectivity index (χ2n) is 5.19. The molecule has 0 atom stereocenters. The summed E-state index contributed by atoms with van der Waals surface area (Å²) < 4.78 is 0. The van der Waals surface area contributed by atoms with E-state index in [1.165, 1.54) is 18.2 Å². The summed E-state index contributed by atoms with van der Waals surface area (Å²) >= 11 is 0. The van der Waals surface area contributed by atoms with Gasteiger partial charge in [-0.25, -0.2) is 9.59 Å². The predicted molar refractivity (Wildman–Crippen MR) is 90.3 cm³/mol. The molecule has 2 N–H and O–H groups in total. The van der Waals surface area contributed by atoms with Gasteiger partial charge >= 0.3 is 11.9 Å². The summed E-state index contributed by atoms with van der Waals surface area (Å²) in [5.41, 5.74) is 1.36. The van der Waals surface area contributed by atoms with Crippen molar-refractivity contribution in [3.8, 4) is 11.8 Å². The summed E-state index contributed by atoms with van der Waals surface area (Å²) in [5.74, 6) is 3.70. The number of aromatic carboxylic acids is 2. The van der Waals surface area contributed by atoms with Crippen LogP contribution >= 0.6 is 0 Å². The lowest BCUT2D eigenvalue weighted by Crippen LogP contribution is -2.01. The molecule has 0 aliphatic heterocycles. The van der Waals surface area contributed by atoms with E-state index in [4.69, 9.17) is 5.11 Å². The van der Waals surface area contributed by atoms with Gasteiger partial charge in [0.15, 0.2) is 0 Å². The Bertz CT molecular complexity index is 1010. The third kappa shape index (κ3) is 3.11. The van der Waals surface area contributed by atoms with Crippen molar-refractivity contribution in [1.82, 2.24) is 0 Å². The van der Waals surface area contributed by atoms with Gasteiger partial charge in [-0.05, 0) is 47.2 Å². The minimum atomic E-state index is -1.07. The second kappa shape index (κ2) is 6.27. The van der Waals surface area contributed by atoms with Crippen molar-refractivity contribution in [2.24, 2.45) is 0 Å². The highest BCUT2D eigenvalue weighted by molar-refractivity contribution is 6.00. The smallest absolute Gasteiger partial charge is 0.336 e. The Kier molecular flexibility index (Phi) is 4.00. The van der Waals surface area contributed by atoms with Crippen molar-refractivity contribution in [3.63, 3.8) is 0 Å². The van der Waals surface area contributed by atoms with Crippen LogP contribution in [-0.4, -0.2) is 22.2 Å². The van der Waals surface area contributed by atoms with Crippen LogP contribution in [0.2, 0.25) is 0 Å². The zero-order valence-corrected chi connectivity index (χ0v) is 12.5. The van der Waals surface area contributed by atoms with Crippen LogP contribution in [0.15, 0.2) is 60.7 Å². The third-order valence-corrected chi connectivity index (χ3v) is 3.57. The summed E-state index contributed by atoms with van der Waals surface area (Å²) in [6.45, 7) is 0. The fourth-order valence-electron chi connectivity index (χ4n) is 2.37. The molecular formula is C20H12O4. The molecule has 4 heteroatoms. The first-order valence-corrected chi connectivity index (χ1v) is 7.16. The van der Waals surface area contributed by atoms with Crippen molar-refractivity contribution in [2.75, 3.05) is 0 Å². The van der Waals surface area contributed by atoms with Crippen molar-refractivity contribution in [1.29, 1.82) is 0 Å². The number of carbonyl (C=O) groups is 2. The largest absolute Gasteiger partial charge is 0.478 e. The van der Waals surface area contributed by atoms with Crippen molar-refractivity contribution < 1.29 is 19.8 Å². The van der Waals surface area contributed by atoms with Gasteiger partial charge in [0.1, 0.15) is 0 Å². The quantitative estimate of drug-likeness (QED) is 0.708.